The Labute approximate surface area is 212 Å². The average Bonchev–Trinajstić information content (AvgIpc) is 2.88. The Morgan fingerprint density at radius 2 is 1.44 bits per heavy atom. The Kier molecular flexibility index (Phi) is 8.44. The van der Waals surface area contributed by atoms with Crippen molar-refractivity contribution in [2.24, 2.45) is 11.8 Å². The first-order valence-corrected chi connectivity index (χ1v) is 13.0. The van der Waals surface area contributed by atoms with Gasteiger partial charge in [0.2, 0.25) is 5.91 Å². The monoisotopic (exact) mass is 502 g/mol. The van der Waals surface area contributed by atoms with Crippen LogP contribution in [0, 0.1) is 11.8 Å². The molecule has 2 heterocycles. The number of likely N-dealkylation sites (tertiary alicyclic amines) is 1. The number of nitrogens with one attached hydrogen (secondary N) is 2. The van der Waals surface area contributed by atoms with Crippen molar-refractivity contribution < 1.29 is 18.0 Å². The minimum Gasteiger partial charge on any atom is -0.372 e. The zero-order valence-electron chi connectivity index (χ0n) is 21.2. The Bertz CT molecular complexity index is 975. The Balaban J connectivity index is 1.22. The first-order chi connectivity index (χ1) is 17.2. The van der Waals surface area contributed by atoms with Gasteiger partial charge in [0.05, 0.1) is 5.92 Å². The second-order valence-electron chi connectivity index (χ2n) is 10.3. The predicted octanol–water partition coefficient (Wildman–Crippen LogP) is 5.95. The molecule has 0 spiro atoms. The van der Waals surface area contributed by atoms with Crippen LogP contribution in [0.1, 0.15) is 45.1 Å². The molecule has 0 aliphatic carbocycles. The number of alkyl halides is 3. The van der Waals surface area contributed by atoms with Gasteiger partial charge in [-0.2, -0.15) is 13.2 Å². The summed E-state index contributed by atoms with van der Waals surface area (Å²) in [5, 5.41) is 6.44. The second kappa shape index (κ2) is 11.5. The summed E-state index contributed by atoms with van der Waals surface area (Å²) >= 11 is 0. The van der Waals surface area contributed by atoms with Crippen LogP contribution >= 0.6 is 0 Å². The van der Waals surface area contributed by atoms with E-state index >= 15 is 0 Å². The molecule has 1 amide bonds. The molecule has 0 bridgehead atoms. The number of carbonyl (C=O) groups is 1. The largest absolute Gasteiger partial charge is 0.391 e. The van der Waals surface area contributed by atoms with Gasteiger partial charge >= 0.3 is 6.18 Å². The number of benzene rings is 2. The number of amides is 1. The highest BCUT2D eigenvalue weighted by atomic mass is 19.4. The molecule has 5 nitrogen and oxygen atoms in total. The van der Waals surface area contributed by atoms with Crippen molar-refractivity contribution in [3.05, 3.63) is 54.1 Å². The first-order valence-electron chi connectivity index (χ1n) is 13.0. The molecule has 8 heteroatoms. The van der Waals surface area contributed by atoms with Gasteiger partial charge < -0.3 is 20.4 Å². The SMILES string of the molecule is CC(C)N1CCC(C(=O)NCc2ccc(Nc3ccc(N4CCC(C(F)(F)F)CC4)cc3)cc2)CC1. The van der Waals surface area contributed by atoms with Crippen molar-refractivity contribution in [2.75, 3.05) is 36.4 Å². The normalized spacial score (nSPS) is 18.4. The van der Waals surface area contributed by atoms with Crippen LogP contribution in [-0.2, 0) is 11.3 Å². The van der Waals surface area contributed by atoms with Gasteiger partial charge in [0, 0.05) is 48.7 Å². The van der Waals surface area contributed by atoms with Crippen LogP contribution in [0.15, 0.2) is 48.5 Å². The van der Waals surface area contributed by atoms with Gasteiger partial charge in [-0.15, -0.1) is 0 Å². The molecule has 0 radical (unpaired) electrons. The molecule has 2 N–H and O–H groups in total. The van der Waals surface area contributed by atoms with Gasteiger partial charge in [-0.05, 0) is 94.6 Å². The highest BCUT2D eigenvalue weighted by Crippen LogP contribution is 2.35. The summed E-state index contributed by atoms with van der Waals surface area (Å²) in [5.74, 6) is -0.947. The molecule has 0 unspecified atom stereocenters. The van der Waals surface area contributed by atoms with E-state index in [1.807, 2.05) is 53.4 Å². The number of halogens is 3. The van der Waals surface area contributed by atoms with Crippen molar-refractivity contribution in [1.29, 1.82) is 0 Å². The molecule has 2 aromatic carbocycles. The van der Waals surface area contributed by atoms with Crippen LogP contribution in [-0.4, -0.2) is 49.2 Å². The molecule has 0 aromatic heterocycles. The summed E-state index contributed by atoms with van der Waals surface area (Å²) in [6.45, 7) is 7.71. The van der Waals surface area contributed by atoms with Crippen LogP contribution in [0.4, 0.5) is 30.2 Å². The smallest absolute Gasteiger partial charge is 0.372 e. The van der Waals surface area contributed by atoms with Gasteiger partial charge in [-0.25, -0.2) is 0 Å². The van der Waals surface area contributed by atoms with Crippen molar-refractivity contribution in [2.45, 2.75) is 58.3 Å². The Morgan fingerprint density at radius 3 is 1.97 bits per heavy atom. The van der Waals surface area contributed by atoms with Gasteiger partial charge in [-0.1, -0.05) is 12.1 Å². The number of nitrogens with zero attached hydrogens (tertiary/aromatic N) is 2. The lowest BCUT2D eigenvalue weighted by Gasteiger charge is -2.34. The molecule has 2 fully saturated rings. The van der Waals surface area contributed by atoms with Crippen molar-refractivity contribution >= 4 is 23.0 Å². The molecule has 2 aliphatic heterocycles. The number of carbonyl (C=O) groups excluding carboxylic acids is 1. The molecule has 0 saturated carbocycles. The number of hydrogen-bond acceptors (Lipinski definition) is 4. The molecule has 0 atom stereocenters. The Morgan fingerprint density at radius 1 is 0.889 bits per heavy atom. The lowest BCUT2D eigenvalue weighted by Crippen LogP contribution is -2.42. The fourth-order valence-corrected chi connectivity index (χ4v) is 5.10. The zero-order chi connectivity index (χ0) is 25.7. The minimum atomic E-state index is -4.09. The van der Waals surface area contributed by atoms with Gasteiger partial charge in [0.1, 0.15) is 0 Å². The maximum atomic E-state index is 12.9. The number of anilines is 3. The summed E-state index contributed by atoms with van der Waals surface area (Å²) in [6.07, 6.45) is -1.97. The average molecular weight is 503 g/mol. The number of rotatable bonds is 7. The quantitative estimate of drug-likeness (QED) is 0.492. The molecule has 4 rings (SSSR count). The van der Waals surface area contributed by atoms with Gasteiger partial charge in [0.15, 0.2) is 0 Å². The van der Waals surface area contributed by atoms with E-state index in [9.17, 15) is 18.0 Å². The standard InChI is InChI=1S/C28H37F3N4O/c1-20(2)34-15-11-22(12-16-34)27(36)32-19-21-3-5-24(6-4-21)33-25-7-9-26(10-8-25)35-17-13-23(14-18-35)28(29,30)31/h3-10,20,22-23,33H,11-19H2,1-2H3,(H,32,36). The fourth-order valence-electron chi connectivity index (χ4n) is 5.10. The van der Waals surface area contributed by atoms with Gasteiger partial charge in [0.25, 0.3) is 0 Å². The van der Waals surface area contributed by atoms with Crippen molar-refractivity contribution in [3.8, 4) is 0 Å². The van der Waals surface area contributed by atoms with E-state index in [-0.39, 0.29) is 24.7 Å². The minimum absolute atomic E-state index is 0.0971. The van der Waals surface area contributed by atoms with Crippen LogP contribution in [0.2, 0.25) is 0 Å². The maximum Gasteiger partial charge on any atom is 0.391 e. The third-order valence-electron chi connectivity index (χ3n) is 7.53. The van der Waals surface area contributed by atoms with E-state index in [0.29, 0.717) is 25.7 Å². The third-order valence-corrected chi connectivity index (χ3v) is 7.53. The van der Waals surface area contributed by atoms with Crippen molar-refractivity contribution in [1.82, 2.24) is 10.2 Å². The molecule has 196 valence electrons. The van der Waals surface area contributed by atoms with Crippen molar-refractivity contribution in [3.63, 3.8) is 0 Å². The molecular formula is C28H37F3N4O. The van der Waals surface area contributed by atoms with Gasteiger partial charge in [-0.3, -0.25) is 4.79 Å². The van der Waals surface area contributed by atoms with E-state index in [1.165, 1.54) is 0 Å². The van der Waals surface area contributed by atoms with E-state index in [2.05, 4.69) is 29.4 Å². The second-order valence-corrected chi connectivity index (χ2v) is 10.3. The summed E-state index contributed by atoms with van der Waals surface area (Å²) < 4.78 is 38.7. The van der Waals surface area contributed by atoms with Crippen LogP contribution in [0.5, 0.6) is 0 Å². The molecule has 2 aromatic rings. The maximum absolute atomic E-state index is 12.9. The lowest BCUT2D eigenvalue weighted by molar-refractivity contribution is -0.179. The summed E-state index contributed by atoms with van der Waals surface area (Å²) in [5.41, 5.74) is 3.84. The molecule has 2 aliphatic rings. The van der Waals surface area contributed by atoms with Crippen LogP contribution in [0.25, 0.3) is 0 Å². The summed E-state index contributed by atoms with van der Waals surface area (Å²) in [7, 11) is 0. The predicted molar refractivity (Wildman–Crippen MR) is 138 cm³/mol. The molecule has 36 heavy (non-hydrogen) atoms. The zero-order valence-corrected chi connectivity index (χ0v) is 21.2. The molecule has 2 saturated heterocycles. The van der Waals surface area contributed by atoms with E-state index < -0.39 is 12.1 Å². The number of hydrogen-bond donors (Lipinski definition) is 2. The summed E-state index contributed by atoms with van der Waals surface area (Å²) in [6, 6.07) is 16.3. The Hall–Kier alpha value is -2.74. The van der Waals surface area contributed by atoms with E-state index in [4.69, 9.17) is 0 Å². The highest BCUT2D eigenvalue weighted by molar-refractivity contribution is 5.78. The van der Waals surface area contributed by atoms with Crippen LogP contribution in [0.3, 0.4) is 0 Å². The van der Waals surface area contributed by atoms with E-state index in [0.717, 1.165) is 48.6 Å². The lowest BCUT2D eigenvalue weighted by atomic mass is 9.95. The highest BCUT2D eigenvalue weighted by Gasteiger charge is 2.41. The first kappa shape index (κ1) is 26.3. The third kappa shape index (κ3) is 6.93. The molecular weight excluding hydrogens is 465 g/mol. The van der Waals surface area contributed by atoms with Crippen LogP contribution < -0.4 is 15.5 Å². The summed E-state index contributed by atoms with van der Waals surface area (Å²) in [4.78, 5) is 17.0. The topological polar surface area (TPSA) is 47.6 Å². The number of piperidine rings is 2. The van der Waals surface area contributed by atoms with E-state index in [1.54, 1.807) is 0 Å². The fraction of sp³-hybridized carbons (Fsp3) is 0.536.